The smallest absolute Gasteiger partial charge is 0.240 e. The van der Waals surface area contributed by atoms with E-state index in [2.05, 4.69) is 17.6 Å². The zero-order chi connectivity index (χ0) is 12.3. The van der Waals surface area contributed by atoms with Gasteiger partial charge in [0, 0.05) is 6.04 Å². The van der Waals surface area contributed by atoms with E-state index in [1.165, 1.54) is 32.1 Å². The van der Waals surface area contributed by atoms with Crippen LogP contribution in [0.3, 0.4) is 0 Å². The zero-order valence-corrected chi connectivity index (χ0v) is 11.2. The molecule has 3 heteroatoms. The van der Waals surface area contributed by atoms with Crippen LogP contribution >= 0.6 is 0 Å². The second-order valence-corrected chi connectivity index (χ2v) is 6.02. The fourth-order valence-corrected chi connectivity index (χ4v) is 3.21. The lowest BCUT2D eigenvalue weighted by Crippen LogP contribution is -2.54. The van der Waals surface area contributed by atoms with Gasteiger partial charge in [-0.1, -0.05) is 19.3 Å². The van der Waals surface area contributed by atoms with E-state index in [4.69, 9.17) is 0 Å². The van der Waals surface area contributed by atoms with Crippen LogP contribution in [0.2, 0.25) is 0 Å². The molecule has 1 amide bonds. The highest BCUT2D eigenvalue weighted by molar-refractivity contribution is 5.86. The van der Waals surface area contributed by atoms with Gasteiger partial charge >= 0.3 is 0 Å². The molecule has 0 aromatic carbocycles. The molecule has 0 aromatic rings. The van der Waals surface area contributed by atoms with Crippen LogP contribution in [0, 0.1) is 5.92 Å². The summed E-state index contributed by atoms with van der Waals surface area (Å²) < 4.78 is 0. The van der Waals surface area contributed by atoms with Crippen molar-refractivity contribution in [1.82, 2.24) is 10.6 Å². The fraction of sp³-hybridized carbons (Fsp3) is 0.929. The molecule has 2 atom stereocenters. The topological polar surface area (TPSA) is 41.1 Å². The molecule has 98 valence electrons. The van der Waals surface area contributed by atoms with Crippen molar-refractivity contribution in [2.24, 2.45) is 5.92 Å². The highest BCUT2D eigenvalue weighted by atomic mass is 16.2. The monoisotopic (exact) mass is 238 g/mol. The third-order valence-corrected chi connectivity index (χ3v) is 4.59. The number of carbonyl (C=O) groups excluding carboxylic acids is 1. The SMILES string of the molecule is C[C@H](NC(=O)C1(C)CCCN1)C1CCCCC1. The molecule has 0 spiro atoms. The van der Waals surface area contributed by atoms with Crippen molar-refractivity contribution in [3.8, 4) is 0 Å². The normalized spacial score (nSPS) is 32.4. The van der Waals surface area contributed by atoms with Crippen LogP contribution in [-0.4, -0.2) is 24.0 Å². The summed E-state index contributed by atoms with van der Waals surface area (Å²) in [6, 6.07) is 0.335. The molecule has 0 aromatic heterocycles. The Bertz CT molecular complexity index is 265. The van der Waals surface area contributed by atoms with E-state index >= 15 is 0 Å². The molecule has 3 nitrogen and oxygen atoms in total. The number of nitrogens with one attached hydrogen (secondary N) is 2. The Kier molecular flexibility index (Phi) is 4.08. The average molecular weight is 238 g/mol. The molecule has 1 saturated carbocycles. The van der Waals surface area contributed by atoms with Gasteiger partial charge in [0.2, 0.25) is 5.91 Å². The Morgan fingerprint density at radius 1 is 1.29 bits per heavy atom. The molecular weight excluding hydrogens is 212 g/mol. The first-order valence-electron chi connectivity index (χ1n) is 7.18. The minimum absolute atomic E-state index is 0.202. The molecule has 1 aliphatic carbocycles. The molecule has 1 unspecified atom stereocenters. The first-order chi connectivity index (χ1) is 8.12. The Hall–Kier alpha value is -0.570. The standard InChI is InChI=1S/C14H26N2O/c1-11(12-7-4-3-5-8-12)16-13(17)14(2)9-6-10-15-14/h11-12,15H,3-10H2,1-2H3,(H,16,17)/t11-,14?/m0/s1. The second-order valence-electron chi connectivity index (χ2n) is 6.02. The third-order valence-electron chi connectivity index (χ3n) is 4.59. The Labute approximate surface area is 105 Å². The predicted molar refractivity (Wildman–Crippen MR) is 69.8 cm³/mol. The maximum absolute atomic E-state index is 12.2. The van der Waals surface area contributed by atoms with Gasteiger partial charge in [0.25, 0.3) is 0 Å². The summed E-state index contributed by atoms with van der Waals surface area (Å²) in [6.07, 6.45) is 8.69. The van der Waals surface area contributed by atoms with Crippen LogP contribution < -0.4 is 10.6 Å². The van der Waals surface area contributed by atoms with Crippen molar-refractivity contribution in [1.29, 1.82) is 0 Å². The van der Waals surface area contributed by atoms with Gasteiger partial charge in [0.15, 0.2) is 0 Å². The summed E-state index contributed by atoms with van der Waals surface area (Å²) >= 11 is 0. The van der Waals surface area contributed by atoms with Gasteiger partial charge in [-0.3, -0.25) is 4.79 Å². The Morgan fingerprint density at radius 3 is 2.59 bits per heavy atom. The molecule has 1 heterocycles. The van der Waals surface area contributed by atoms with E-state index in [9.17, 15) is 4.79 Å². The lowest BCUT2D eigenvalue weighted by Gasteiger charge is -2.31. The van der Waals surface area contributed by atoms with Gasteiger partial charge in [-0.05, 0) is 52.0 Å². The highest BCUT2D eigenvalue weighted by Gasteiger charge is 2.37. The number of amides is 1. The summed E-state index contributed by atoms with van der Waals surface area (Å²) in [5.41, 5.74) is -0.317. The summed E-state index contributed by atoms with van der Waals surface area (Å²) in [4.78, 5) is 12.2. The molecular formula is C14H26N2O. The third kappa shape index (κ3) is 3.01. The van der Waals surface area contributed by atoms with Crippen LogP contribution in [0.4, 0.5) is 0 Å². The molecule has 2 fully saturated rings. The van der Waals surface area contributed by atoms with Gasteiger partial charge < -0.3 is 10.6 Å². The Balaban J connectivity index is 1.84. The average Bonchev–Trinajstić information content (AvgIpc) is 2.78. The van der Waals surface area contributed by atoms with E-state index < -0.39 is 0 Å². The van der Waals surface area contributed by atoms with E-state index in [1.807, 2.05) is 6.92 Å². The van der Waals surface area contributed by atoms with Crippen LogP contribution in [0.15, 0.2) is 0 Å². The summed E-state index contributed by atoms with van der Waals surface area (Å²) in [5, 5.41) is 6.56. The van der Waals surface area contributed by atoms with Crippen molar-refractivity contribution < 1.29 is 4.79 Å². The van der Waals surface area contributed by atoms with Gasteiger partial charge in [-0.2, -0.15) is 0 Å². The largest absolute Gasteiger partial charge is 0.352 e. The maximum Gasteiger partial charge on any atom is 0.240 e. The lowest BCUT2D eigenvalue weighted by atomic mass is 9.84. The van der Waals surface area contributed by atoms with Crippen molar-refractivity contribution in [2.75, 3.05) is 6.54 Å². The lowest BCUT2D eigenvalue weighted by molar-refractivity contribution is -0.127. The quantitative estimate of drug-likeness (QED) is 0.791. The Morgan fingerprint density at radius 2 is 2.00 bits per heavy atom. The van der Waals surface area contributed by atoms with Gasteiger partial charge in [-0.15, -0.1) is 0 Å². The van der Waals surface area contributed by atoms with Crippen LogP contribution in [0.25, 0.3) is 0 Å². The number of rotatable bonds is 3. The summed E-state index contributed by atoms with van der Waals surface area (Å²) in [6.45, 7) is 5.18. The molecule has 2 rings (SSSR count). The molecule has 1 aliphatic heterocycles. The van der Waals surface area contributed by atoms with Gasteiger partial charge in [0.05, 0.1) is 5.54 Å². The van der Waals surface area contributed by atoms with Crippen LogP contribution in [-0.2, 0) is 4.79 Å². The van der Waals surface area contributed by atoms with E-state index in [1.54, 1.807) is 0 Å². The fourth-order valence-electron chi connectivity index (χ4n) is 3.21. The van der Waals surface area contributed by atoms with Crippen molar-refractivity contribution >= 4 is 5.91 Å². The molecule has 0 bridgehead atoms. The highest BCUT2D eigenvalue weighted by Crippen LogP contribution is 2.27. The van der Waals surface area contributed by atoms with Gasteiger partial charge in [0.1, 0.15) is 0 Å². The van der Waals surface area contributed by atoms with Crippen molar-refractivity contribution in [3.63, 3.8) is 0 Å². The molecule has 2 N–H and O–H groups in total. The van der Waals surface area contributed by atoms with Crippen LogP contribution in [0.5, 0.6) is 0 Å². The predicted octanol–water partition coefficient (Wildman–Crippen LogP) is 2.21. The summed E-state index contributed by atoms with van der Waals surface area (Å²) in [5.74, 6) is 0.894. The number of hydrogen-bond acceptors (Lipinski definition) is 2. The van der Waals surface area contributed by atoms with E-state index in [0.29, 0.717) is 12.0 Å². The molecule has 2 aliphatic rings. The van der Waals surface area contributed by atoms with Crippen molar-refractivity contribution in [3.05, 3.63) is 0 Å². The second kappa shape index (κ2) is 5.38. The molecule has 1 saturated heterocycles. The summed E-state index contributed by atoms with van der Waals surface area (Å²) in [7, 11) is 0. The minimum Gasteiger partial charge on any atom is -0.352 e. The maximum atomic E-state index is 12.2. The molecule has 0 radical (unpaired) electrons. The first-order valence-corrected chi connectivity index (χ1v) is 7.18. The van der Waals surface area contributed by atoms with E-state index in [-0.39, 0.29) is 11.4 Å². The van der Waals surface area contributed by atoms with Crippen LogP contribution in [0.1, 0.15) is 58.8 Å². The molecule has 17 heavy (non-hydrogen) atoms. The number of hydrogen-bond donors (Lipinski definition) is 2. The van der Waals surface area contributed by atoms with Gasteiger partial charge in [-0.25, -0.2) is 0 Å². The zero-order valence-electron chi connectivity index (χ0n) is 11.2. The van der Waals surface area contributed by atoms with Crippen molar-refractivity contribution in [2.45, 2.75) is 70.4 Å². The minimum atomic E-state index is -0.317. The number of carbonyl (C=O) groups is 1. The van der Waals surface area contributed by atoms with E-state index in [0.717, 1.165) is 19.4 Å². The first kappa shape index (κ1) is 12.9.